The van der Waals surface area contributed by atoms with Gasteiger partial charge in [-0.2, -0.15) is 0 Å². The number of rotatable bonds is 4. The van der Waals surface area contributed by atoms with Gasteiger partial charge in [-0.05, 0) is 41.0 Å². The van der Waals surface area contributed by atoms with E-state index in [-0.39, 0.29) is 5.69 Å². The maximum absolute atomic E-state index is 10.6. The first-order valence-corrected chi connectivity index (χ1v) is 6.20. The van der Waals surface area contributed by atoms with Crippen molar-refractivity contribution in [2.45, 2.75) is 0 Å². The van der Waals surface area contributed by atoms with Crippen molar-refractivity contribution in [3.05, 3.63) is 76.4 Å². The Morgan fingerprint density at radius 3 is 1.85 bits per heavy atom. The van der Waals surface area contributed by atoms with Gasteiger partial charge in [0.25, 0.3) is 5.69 Å². The number of anilines is 1. The molecule has 0 aromatic heterocycles. The molecule has 0 unspecified atom stereocenters. The molecule has 0 bridgehead atoms. The minimum Gasteiger partial charge on any atom is -0.378 e. The lowest BCUT2D eigenvalue weighted by Gasteiger charge is -2.13. The third kappa shape index (κ3) is 2.85. The molecular formula is C16H16N2O2. The van der Waals surface area contributed by atoms with Gasteiger partial charge in [-0.15, -0.1) is 0 Å². The number of benzene rings is 2. The van der Waals surface area contributed by atoms with Crippen molar-refractivity contribution in [2.24, 2.45) is 0 Å². The Kier molecular flexibility index (Phi) is 3.84. The molecule has 2 rings (SSSR count). The Labute approximate surface area is 118 Å². The number of nitro benzene ring substituents is 1. The molecule has 4 nitrogen and oxygen atoms in total. The first kappa shape index (κ1) is 13.8. The first-order chi connectivity index (χ1) is 9.49. The first-order valence-electron chi connectivity index (χ1n) is 6.20. The molecule has 0 amide bonds. The molecule has 0 aliphatic rings. The van der Waals surface area contributed by atoms with Gasteiger partial charge < -0.3 is 4.90 Å². The number of hydrogen-bond donors (Lipinski definition) is 0. The number of hydrogen-bond acceptors (Lipinski definition) is 3. The van der Waals surface area contributed by atoms with Crippen LogP contribution >= 0.6 is 0 Å². The van der Waals surface area contributed by atoms with Crippen molar-refractivity contribution < 1.29 is 4.92 Å². The van der Waals surface area contributed by atoms with Gasteiger partial charge in [0.05, 0.1) is 4.92 Å². The van der Waals surface area contributed by atoms with Gasteiger partial charge >= 0.3 is 0 Å². The van der Waals surface area contributed by atoms with Gasteiger partial charge in [0.2, 0.25) is 0 Å². The molecule has 0 fully saturated rings. The molecule has 0 radical (unpaired) electrons. The van der Waals surface area contributed by atoms with Gasteiger partial charge in [0.15, 0.2) is 0 Å². The minimum absolute atomic E-state index is 0.0875. The highest BCUT2D eigenvalue weighted by Gasteiger charge is 2.07. The number of nitro groups is 1. The second-order valence-electron chi connectivity index (χ2n) is 4.72. The molecule has 0 heterocycles. The van der Waals surface area contributed by atoms with Gasteiger partial charge in [-0.3, -0.25) is 10.1 Å². The molecule has 4 heteroatoms. The van der Waals surface area contributed by atoms with Gasteiger partial charge in [0, 0.05) is 31.9 Å². The van der Waals surface area contributed by atoms with E-state index in [1.54, 1.807) is 12.1 Å². The van der Waals surface area contributed by atoms with E-state index in [1.165, 1.54) is 12.1 Å². The average Bonchev–Trinajstić information content (AvgIpc) is 2.46. The van der Waals surface area contributed by atoms with Crippen LogP contribution in [0.15, 0.2) is 55.1 Å². The lowest BCUT2D eigenvalue weighted by atomic mass is 9.99. The molecule has 0 saturated heterocycles. The second kappa shape index (κ2) is 5.57. The third-order valence-corrected chi connectivity index (χ3v) is 3.16. The monoisotopic (exact) mass is 268 g/mol. The topological polar surface area (TPSA) is 46.4 Å². The van der Waals surface area contributed by atoms with Crippen LogP contribution in [0.3, 0.4) is 0 Å². The minimum atomic E-state index is -0.404. The molecule has 0 saturated carbocycles. The van der Waals surface area contributed by atoms with E-state index in [4.69, 9.17) is 0 Å². The van der Waals surface area contributed by atoms with Crippen LogP contribution in [0.25, 0.3) is 5.57 Å². The summed E-state index contributed by atoms with van der Waals surface area (Å²) >= 11 is 0. The van der Waals surface area contributed by atoms with Crippen molar-refractivity contribution >= 4 is 16.9 Å². The predicted octanol–water partition coefficient (Wildman–Crippen LogP) is 3.72. The predicted molar refractivity (Wildman–Crippen MR) is 82.0 cm³/mol. The largest absolute Gasteiger partial charge is 0.378 e. The molecular weight excluding hydrogens is 252 g/mol. The van der Waals surface area contributed by atoms with Crippen LogP contribution in [0.2, 0.25) is 0 Å². The molecule has 0 N–H and O–H groups in total. The van der Waals surface area contributed by atoms with Crippen molar-refractivity contribution in [3.8, 4) is 0 Å². The molecule has 2 aromatic carbocycles. The molecule has 20 heavy (non-hydrogen) atoms. The molecule has 2 aromatic rings. The Morgan fingerprint density at radius 1 is 1.00 bits per heavy atom. The van der Waals surface area contributed by atoms with Gasteiger partial charge in [-0.1, -0.05) is 18.7 Å². The highest BCUT2D eigenvalue weighted by Crippen LogP contribution is 2.25. The quantitative estimate of drug-likeness (QED) is 0.627. The summed E-state index contributed by atoms with van der Waals surface area (Å²) in [5.41, 5.74) is 3.94. The average molecular weight is 268 g/mol. The van der Waals surface area contributed by atoms with Crippen LogP contribution in [-0.4, -0.2) is 19.0 Å². The standard InChI is InChI=1S/C16H16N2O2/c1-12(13-4-8-15(9-5-13)17(2)3)14-6-10-16(11-7-14)18(19)20/h4-11H,1H2,2-3H3. The van der Waals surface area contributed by atoms with E-state index in [0.29, 0.717) is 0 Å². The van der Waals surface area contributed by atoms with E-state index in [1.807, 2.05) is 43.3 Å². The van der Waals surface area contributed by atoms with Crippen LogP contribution in [0.1, 0.15) is 11.1 Å². The Morgan fingerprint density at radius 2 is 1.45 bits per heavy atom. The van der Waals surface area contributed by atoms with Crippen LogP contribution in [0, 0.1) is 10.1 Å². The van der Waals surface area contributed by atoms with Crippen molar-refractivity contribution in [1.82, 2.24) is 0 Å². The summed E-state index contributed by atoms with van der Waals surface area (Å²) in [5, 5.41) is 10.6. The number of non-ortho nitro benzene ring substituents is 1. The summed E-state index contributed by atoms with van der Waals surface area (Å²) in [6.07, 6.45) is 0. The van der Waals surface area contributed by atoms with Crippen LogP contribution in [-0.2, 0) is 0 Å². The summed E-state index contributed by atoms with van der Waals surface area (Å²) in [4.78, 5) is 12.3. The number of nitrogens with zero attached hydrogens (tertiary/aromatic N) is 2. The Balaban J connectivity index is 2.24. The maximum Gasteiger partial charge on any atom is 0.269 e. The SMILES string of the molecule is C=C(c1ccc(N(C)C)cc1)c1ccc([N+](=O)[O-])cc1. The summed E-state index contributed by atoms with van der Waals surface area (Å²) in [7, 11) is 3.97. The molecule has 0 aliphatic heterocycles. The smallest absolute Gasteiger partial charge is 0.269 e. The fourth-order valence-corrected chi connectivity index (χ4v) is 1.91. The van der Waals surface area contributed by atoms with Gasteiger partial charge in [0.1, 0.15) is 0 Å². The summed E-state index contributed by atoms with van der Waals surface area (Å²) in [6.45, 7) is 4.06. The van der Waals surface area contributed by atoms with E-state index < -0.39 is 4.92 Å². The third-order valence-electron chi connectivity index (χ3n) is 3.16. The summed E-state index contributed by atoms with van der Waals surface area (Å²) < 4.78 is 0. The Hall–Kier alpha value is -2.62. The highest BCUT2D eigenvalue weighted by molar-refractivity contribution is 5.79. The maximum atomic E-state index is 10.6. The van der Waals surface area contributed by atoms with Crippen molar-refractivity contribution in [3.63, 3.8) is 0 Å². The fourth-order valence-electron chi connectivity index (χ4n) is 1.91. The second-order valence-corrected chi connectivity index (χ2v) is 4.72. The zero-order valence-corrected chi connectivity index (χ0v) is 11.5. The summed E-state index contributed by atoms with van der Waals surface area (Å²) in [6, 6.07) is 14.5. The zero-order valence-electron chi connectivity index (χ0n) is 11.5. The molecule has 0 spiro atoms. The normalized spacial score (nSPS) is 10.1. The van der Waals surface area contributed by atoms with Gasteiger partial charge in [-0.25, -0.2) is 0 Å². The van der Waals surface area contributed by atoms with E-state index in [0.717, 1.165) is 22.4 Å². The van der Waals surface area contributed by atoms with Crippen LogP contribution < -0.4 is 4.90 Å². The molecule has 0 aliphatic carbocycles. The van der Waals surface area contributed by atoms with Crippen LogP contribution in [0.4, 0.5) is 11.4 Å². The molecule has 0 atom stereocenters. The highest BCUT2D eigenvalue weighted by atomic mass is 16.6. The fraction of sp³-hybridized carbons (Fsp3) is 0.125. The van der Waals surface area contributed by atoms with E-state index >= 15 is 0 Å². The summed E-state index contributed by atoms with van der Waals surface area (Å²) in [5.74, 6) is 0. The lowest BCUT2D eigenvalue weighted by Crippen LogP contribution is -2.08. The lowest BCUT2D eigenvalue weighted by molar-refractivity contribution is -0.384. The van der Waals surface area contributed by atoms with E-state index in [9.17, 15) is 10.1 Å². The Bertz CT molecular complexity index is 629. The van der Waals surface area contributed by atoms with E-state index in [2.05, 4.69) is 6.58 Å². The zero-order chi connectivity index (χ0) is 14.7. The van der Waals surface area contributed by atoms with Crippen molar-refractivity contribution in [1.29, 1.82) is 0 Å². The van der Waals surface area contributed by atoms with Crippen molar-refractivity contribution in [2.75, 3.05) is 19.0 Å². The van der Waals surface area contributed by atoms with Crippen LogP contribution in [0.5, 0.6) is 0 Å². The molecule has 102 valence electrons.